The van der Waals surface area contributed by atoms with Crippen LogP contribution < -0.4 is 15.6 Å². The zero-order valence-corrected chi connectivity index (χ0v) is 15.4. The zero-order valence-electron chi connectivity index (χ0n) is 14.6. The number of nitrogens with one attached hydrogen (secondary N) is 2. The molecule has 7 heteroatoms. The minimum Gasteiger partial charge on any atom is -0.483 e. The molecule has 2 N–H and O–H groups in total. The van der Waals surface area contributed by atoms with Crippen LogP contribution in [-0.4, -0.2) is 18.4 Å². The molecular formula is C21H16ClFN2O3. The molecule has 0 fully saturated rings. The molecule has 28 heavy (non-hydrogen) atoms. The molecule has 0 bridgehead atoms. The lowest BCUT2D eigenvalue weighted by atomic mass is 10.1. The largest absolute Gasteiger partial charge is 0.483 e. The maximum Gasteiger partial charge on any atom is 0.276 e. The van der Waals surface area contributed by atoms with Crippen LogP contribution in [0.3, 0.4) is 0 Å². The average molecular weight is 399 g/mol. The second-order valence-corrected chi connectivity index (χ2v) is 6.21. The predicted molar refractivity (Wildman–Crippen MR) is 104 cm³/mol. The summed E-state index contributed by atoms with van der Waals surface area (Å²) in [6.07, 6.45) is 0. The maximum absolute atomic E-state index is 13.7. The van der Waals surface area contributed by atoms with Crippen molar-refractivity contribution in [2.24, 2.45) is 0 Å². The van der Waals surface area contributed by atoms with Crippen LogP contribution in [0.4, 0.5) is 4.39 Å². The normalized spacial score (nSPS) is 10.2. The fraction of sp³-hybridized carbons (Fsp3) is 0.0476. The summed E-state index contributed by atoms with van der Waals surface area (Å²) in [5.74, 6) is -1.65. The van der Waals surface area contributed by atoms with Crippen LogP contribution in [0.2, 0.25) is 5.02 Å². The van der Waals surface area contributed by atoms with Gasteiger partial charge in [-0.15, -0.1) is 0 Å². The number of halogens is 2. The molecule has 0 aliphatic rings. The van der Waals surface area contributed by atoms with E-state index in [9.17, 15) is 14.0 Å². The number of hydrazine groups is 1. The number of rotatable bonds is 5. The van der Waals surface area contributed by atoms with Crippen molar-refractivity contribution in [3.05, 3.63) is 89.2 Å². The molecule has 3 rings (SSSR count). The first-order valence-corrected chi connectivity index (χ1v) is 8.74. The van der Waals surface area contributed by atoms with Gasteiger partial charge in [-0.2, -0.15) is 0 Å². The van der Waals surface area contributed by atoms with Gasteiger partial charge in [0.25, 0.3) is 11.8 Å². The van der Waals surface area contributed by atoms with Crippen LogP contribution in [0.1, 0.15) is 10.4 Å². The molecule has 0 aliphatic heterocycles. The summed E-state index contributed by atoms with van der Waals surface area (Å²) >= 11 is 5.65. The van der Waals surface area contributed by atoms with E-state index in [2.05, 4.69) is 10.9 Å². The van der Waals surface area contributed by atoms with Gasteiger partial charge in [0, 0.05) is 10.6 Å². The molecule has 2 amide bonds. The summed E-state index contributed by atoms with van der Waals surface area (Å²) in [5, 5.41) is 0.170. The Labute approximate surface area is 166 Å². The van der Waals surface area contributed by atoms with E-state index in [0.29, 0.717) is 5.75 Å². The van der Waals surface area contributed by atoms with Crippen molar-refractivity contribution in [2.75, 3.05) is 6.61 Å². The third kappa shape index (κ3) is 4.86. The van der Waals surface area contributed by atoms with E-state index < -0.39 is 17.6 Å². The van der Waals surface area contributed by atoms with Crippen LogP contribution in [-0.2, 0) is 4.79 Å². The van der Waals surface area contributed by atoms with Gasteiger partial charge in [-0.25, -0.2) is 4.39 Å². The molecular weight excluding hydrogens is 383 g/mol. The third-order valence-corrected chi connectivity index (χ3v) is 4.06. The van der Waals surface area contributed by atoms with Gasteiger partial charge < -0.3 is 4.74 Å². The van der Waals surface area contributed by atoms with Crippen LogP contribution in [0.5, 0.6) is 5.75 Å². The molecule has 0 radical (unpaired) electrons. The van der Waals surface area contributed by atoms with Gasteiger partial charge in [-0.1, -0.05) is 60.1 Å². The Morgan fingerprint density at radius 3 is 2.39 bits per heavy atom. The van der Waals surface area contributed by atoms with Gasteiger partial charge in [-0.3, -0.25) is 20.4 Å². The molecule has 3 aromatic carbocycles. The van der Waals surface area contributed by atoms with Gasteiger partial charge in [0.2, 0.25) is 0 Å². The number of para-hydroxylation sites is 1. The number of ether oxygens (including phenoxy) is 1. The van der Waals surface area contributed by atoms with Gasteiger partial charge in [0.05, 0.1) is 5.56 Å². The Morgan fingerprint density at radius 1 is 0.929 bits per heavy atom. The van der Waals surface area contributed by atoms with Crippen LogP contribution in [0.25, 0.3) is 11.1 Å². The Hall–Kier alpha value is -3.38. The van der Waals surface area contributed by atoms with Gasteiger partial charge in [0.1, 0.15) is 11.6 Å². The van der Waals surface area contributed by atoms with Crippen LogP contribution in [0.15, 0.2) is 72.8 Å². The van der Waals surface area contributed by atoms with Crippen molar-refractivity contribution in [3.63, 3.8) is 0 Å². The first-order valence-electron chi connectivity index (χ1n) is 8.36. The van der Waals surface area contributed by atoms with Crippen LogP contribution >= 0.6 is 11.6 Å². The highest BCUT2D eigenvalue weighted by atomic mass is 35.5. The third-order valence-electron chi connectivity index (χ3n) is 3.82. The topological polar surface area (TPSA) is 67.4 Å². The number of benzene rings is 3. The lowest BCUT2D eigenvalue weighted by Gasteiger charge is -2.12. The standard InChI is InChI=1S/C21H16ClFN2O3/c22-15-10-11-17(18(23)12-15)21(27)25-24-20(26)13-28-19-9-5-4-8-16(19)14-6-2-1-3-7-14/h1-12H,13H2,(H,24,26)(H,25,27). The second-order valence-electron chi connectivity index (χ2n) is 5.78. The molecule has 0 unspecified atom stereocenters. The quantitative estimate of drug-likeness (QED) is 0.639. The van der Waals surface area contributed by atoms with E-state index in [1.165, 1.54) is 12.1 Å². The van der Waals surface area contributed by atoms with E-state index in [-0.39, 0.29) is 17.2 Å². The number of hydrogen-bond acceptors (Lipinski definition) is 3. The number of carbonyl (C=O) groups excluding carboxylic acids is 2. The van der Waals surface area contributed by atoms with Crippen molar-refractivity contribution < 1.29 is 18.7 Å². The molecule has 0 atom stereocenters. The van der Waals surface area contributed by atoms with Crippen molar-refractivity contribution in [2.45, 2.75) is 0 Å². The summed E-state index contributed by atoms with van der Waals surface area (Å²) in [7, 11) is 0. The molecule has 142 valence electrons. The first-order chi connectivity index (χ1) is 13.5. The van der Waals surface area contributed by atoms with Gasteiger partial charge in [0.15, 0.2) is 6.61 Å². The SMILES string of the molecule is O=C(COc1ccccc1-c1ccccc1)NNC(=O)c1ccc(Cl)cc1F. The van der Waals surface area contributed by atoms with E-state index in [1.54, 1.807) is 12.1 Å². The molecule has 0 saturated heterocycles. The van der Waals surface area contributed by atoms with E-state index in [1.807, 2.05) is 42.5 Å². The Bertz CT molecular complexity index is 996. The molecule has 3 aromatic rings. The number of hydrogen-bond donors (Lipinski definition) is 2. The Balaban J connectivity index is 1.57. The van der Waals surface area contributed by atoms with E-state index in [4.69, 9.17) is 16.3 Å². The fourth-order valence-corrected chi connectivity index (χ4v) is 2.65. The highest BCUT2D eigenvalue weighted by Gasteiger charge is 2.13. The zero-order chi connectivity index (χ0) is 19.9. The Morgan fingerprint density at radius 2 is 1.64 bits per heavy atom. The summed E-state index contributed by atoms with van der Waals surface area (Å²) in [5.41, 5.74) is 5.88. The summed E-state index contributed by atoms with van der Waals surface area (Å²) in [4.78, 5) is 23.9. The van der Waals surface area contributed by atoms with Crippen molar-refractivity contribution in [1.29, 1.82) is 0 Å². The lowest BCUT2D eigenvalue weighted by Crippen LogP contribution is -2.44. The minimum absolute atomic E-state index is 0.170. The monoisotopic (exact) mass is 398 g/mol. The average Bonchev–Trinajstić information content (AvgIpc) is 2.71. The first kappa shape index (κ1) is 19.4. The number of carbonyl (C=O) groups is 2. The molecule has 0 aromatic heterocycles. The molecule has 0 spiro atoms. The summed E-state index contributed by atoms with van der Waals surface area (Å²) < 4.78 is 19.3. The fourth-order valence-electron chi connectivity index (χ4n) is 2.50. The van der Waals surface area contributed by atoms with Gasteiger partial charge >= 0.3 is 0 Å². The molecule has 0 heterocycles. The van der Waals surface area contributed by atoms with E-state index in [0.717, 1.165) is 17.2 Å². The highest BCUT2D eigenvalue weighted by Crippen LogP contribution is 2.29. The molecule has 0 saturated carbocycles. The predicted octanol–water partition coefficient (Wildman–Crippen LogP) is 3.99. The van der Waals surface area contributed by atoms with Crippen molar-refractivity contribution in [1.82, 2.24) is 10.9 Å². The van der Waals surface area contributed by atoms with Crippen molar-refractivity contribution >= 4 is 23.4 Å². The number of amides is 2. The highest BCUT2D eigenvalue weighted by molar-refractivity contribution is 6.30. The molecule has 5 nitrogen and oxygen atoms in total. The summed E-state index contributed by atoms with van der Waals surface area (Å²) in [6, 6.07) is 20.5. The van der Waals surface area contributed by atoms with Crippen molar-refractivity contribution in [3.8, 4) is 16.9 Å². The van der Waals surface area contributed by atoms with E-state index >= 15 is 0 Å². The lowest BCUT2D eigenvalue weighted by molar-refractivity contribution is -0.123. The second kappa shape index (κ2) is 9.01. The summed E-state index contributed by atoms with van der Waals surface area (Å²) in [6.45, 7) is -0.326. The smallest absolute Gasteiger partial charge is 0.276 e. The van der Waals surface area contributed by atoms with Gasteiger partial charge in [-0.05, 0) is 29.8 Å². The molecule has 0 aliphatic carbocycles. The minimum atomic E-state index is -0.799. The maximum atomic E-state index is 13.7. The van der Waals surface area contributed by atoms with Crippen LogP contribution in [0, 0.1) is 5.82 Å². The Kier molecular flexibility index (Phi) is 6.24.